The van der Waals surface area contributed by atoms with Crippen LogP contribution in [0.15, 0.2) is 53.9 Å². The van der Waals surface area contributed by atoms with Crippen LogP contribution in [-0.2, 0) is 4.74 Å². The van der Waals surface area contributed by atoms with Gasteiger partial charge >= 0.3 is 5.97 Å². The Balaban J connectivity index is 1.80. The lowest BCUT2D eigenvalue weighted by Crippen LogP contribution is -2.02. The minimum absolute atomic E-state index is 0.266. The molecule has 0 fully saturated rings. The molecule has 0 bridgehead atoms. The van der Waals surface area contributed by atoms with Crippen molar-refractivity contribution in [3.8, 4) is 0 Å². The number of carbonyl (C=O) groups excluding carboxylic acids is 1. The lowest BCUT2D eigenvalue weighted by atomic mass is 10.2. The summed E-state index contributed by atoms with van der Waals surface area (Å²) in [6.07, 6.45) is 3.77. The van der Waals surface area contributed by atoms with E-state index in [2.05, 4.69) is 0 Å². The zero-order valence-electron chi connectivity index (χ0n) is 9.21. The van der Waals surface area contributed by atoms with Gasteiger partial charge in [-0.25, -0.2) is 4.79 Å². The summed E-state index contributed by atoms with van der Waals surface area (Å²) >= 11 is 1.39. The van der Waals surface area contributed by atoms with Crippen LogP contribution in [0.25, 0.3) is 6.08 Å². The quantitative estimate of drug-likeness (QED) is 0.768. The number of rotatable bonds is 4. The van der Waals surface area contributed by atoms with E-state index in [0.717, 1.165) is 5.56 Å². The highest BCUT2D eigenvalue weighted by Gasteiger charge is 2.05. The third-order valence-electron chi connectivity index (χ3n) is 2.14. The Morgan fingerprint density at radius 2 is 2.00 bits per heavy atom. The van der Waals surface area contributed by atoms with Crippen molar-refractivity contribution < 1.29 is 9.53 Å². The second-order valence-corrected chi connectivity index (χ2v) is 4.34. The summed E-state index contributed by atoms with van der Waals surface area (Å²) in [6.45, 7) is 0.297. The molecule has 0 amide bonds. The fourth-order valence-corrected chi connectivity index (χ4v) is 1.95. The molecule has 2 aromatic rings. The normalized spacial score (nSPS) is 10.6. The Hall–Kier alpha value is -1.87. The molecule has 0 saturated carbocycles. The SMILES string of the molecule is O=C(OC/C=C\c1ccccc1)c1cccs1. The van der Waals surface area contributed by atoms with Gasteiger partial charge < -0.3 is 4.74 Å². The third kappa shape index (κ3) is 3.57. The van der Waals surface area contributed by atoms with Gasteiger partial charge in [-0.2, -0.15) is 0 Å². The molecule has 0 unspecified atom stereocenters. The standard InChI is InChI=1S/C14H12O2S/c15-14(13-9-5-11-17-13)16-10-4-8-12-6-2-1-3-7-12/h1-9,11H,10H2/b8-4-. The van der Waals surface area contributed by atoms with Crippen LogP contribution in [-0.4, -0.2) is 12.6 Å². The molecule has 86 valence electrons. The largest absolute Gasteiger partial charge is 0.457 e. The van der Waals surface area contributed by atoms with E-state index < -0.39 is 0 Å². The molecular formula is C14H12O2S. The van der Waals surface area contributed by atoms with Crippen LogP contribution in [0, 0.1) is 0 Å². The van der Waals surface area contributed by atoms with Crippen molar-refractivity contribution in [2.75, 3.05) is 6.61 Å². The Morgan fingerprint density at radius 3 is 2.71 bits per heavy atom. The van der Waals surface area contributed by atoms with Gasteiger partial charge in [0.05, 0.1) is 0 Å². The highest BCUT2D eigenvalue weighted by atomic mass is 32.1. The molecule has 0 aliphatic rings. The molecule has 17 heavy (non-hydrogen) atoms. The summed E-state index contributed by atoms with van der Waals surface area (Å²) in [5.41, 5.74) is 1.10. The van der Waals surface area contributed by atoms with Gasteiger partial charge in [-0.1, -0.05) is 42.5 Å². The molecule has 0 N–H and O–H groups in total. The summed E-state index contributed by atoms with van der Waals surface area (Å²) < 4.78 is 5.09. The minimum Gasteiger partial charge on any atom is -0.457 e. The Kier molecular flexibility index (Phi) is 4.11. The van der Waals surface area contributed by atoms with Crippen molar-refractivity contribution in [2.45, 2.75) is 0 Å². The van der Waals surface area contributed by atoms with Gasteiger partial charge in [0.2, 0.25) is 0 Å². The first-order valence-corrected chi connectivity index (χ1v) is 6.16. The maximum atomic E-state index is 11.5. The summed E-state index contributed by atoms with van der Waals surface area (Å²) in [5.74, 6) is -0.266. The van der Waals surface area contributed by atoms with Crippen molar-refractivity contribution >= 4 is 23.4 Å². The maximum Gasteiger partial charge on any atom is 0.348 e. The first-order chi connectivity index (χ1) is 8.36. The molecular weight excluding hydrogens is 232 g/mol. The van der Waals surface area contributed by atoms with Gasteiger partial charge in [-0.3, -0.25) is 0 Å². The molecule has 2 nitrogen and oxygen atoms in total. The maximum absolute atomic E-state index is 11.5. The van der Waals surface area contributed by atoms with Crippen molar-refractivity contribution in [3.05, 3.63) is 64.4 Å². The Labute approximate surface area is 104 Å². The number of hydrogen-bond acceptors (Lipinski definition) is 3. The number of thiophene rings is 1. The molecule has 0 aliphatic carbocycles. The number of esters is 1. The third-order valence-corrected chi connectivity index (χ3v) is 2.99. The molecule has 0 radical (unpaired) electrons. The van der Waals surface area contributed by atoms with Gasteiger partial charge in [0.25, 0.3) is 0 Å². The monoisotopic (exact) mass is 244 g/mol. The van der Waals surface area contributed by atoms with E-state index in [1.165, 1.54) is 11.3 Å². The van der Waals surface area contributed by atoms with E-state index in [4.69, 9.17) is 4.74 Å². The predicted octanol–water partition coefficient (Wildman–Crippen LogP) is 3.62. The molecule has 0 aliphatic heterocycles. The van der Waals surface area contributed by atoms with E-state index in [9.17, 15) is 4.79 Å². The Bertz CT molecular complexity index is 486. The summed E-state index contributed by atoms with van der Waals surface area (Å²) in [4.78, 5) is 12.1. The summed E-state index contributed by atoms with van der Waals surface area (Å²) in [5, 5.41) is 1.86. The van der Waals surface area contributed by atoms with Gasteiger partial charge in [0, 0.05) is 0 Å². The molecule has 0 spiro atoms. The number of ether oxygens (including phenoxy) is 1. The molecule has 1 heterocycles. The van der Waals surface area contributed by atoms with E-state index in [1.807, 2.05) is 53.9 Å². The van der Waals surface area contributed by atoms with Crippen LogP contribution in [0.2, 0.25) is 0 Å². The molecule has 0 atom stereocenters. The lowest BCUT2D eigenvalue weighted by molar-refractivity contribution is 0.0556. The first-order valence-electron chi connectivity index (χ1n) is 5.28. The van der Waals surface area contributed by atoms with Crippen molar-refractivity contribution in [1.29, 1.82) is 0 Å². The highest BCUT2D eigenvalue weighted by Crippen LogP contribution is 2.09. The second kappa shape index (κ2) is 6.01. The predicted molar refractivity (Wildman–Crippen MR) is 70.1 cm³/mol. The van der Waals surface area contributed by atoms with Crippen LogP contribution in [0.3, 0.4) is 0 Å². The summed E-state index contributed by atoms with van der Waals surface area (Å²) in [7, 11) is 0. The van der Waals surface area contributed by atoms with Crippen molar-refractivity contribution in [3.63, 3.8) is 0 Å². The van der Waals surface area contributed by atoms with E-state index in [0.29, 0.717) is 11.5 Å². The molecule has 2 rings (SSSR count). The lowest BCUT2D eigenvalue weighted by Gasteiger charge is -1.98. The van der Waals surface area contributed by atoms with E-state index >= 15 is 0 Å². The van der Waals surface area contributed by atoms with Gasteiger partial charge in [-0.15, -0.1) is 11.3 Å². The van der Waals surface area contributed by atoms with Crippen molar-refractivity contribution in [1.82, 2.24) is 0 Å². The molecule has 0 saturated heterocycles. The van der Waals surface area contributed by atoms with Crippen LogP contribution in [0.5, 0.6) is 0 Å². The van der Waals surface area contributed by atoms with Crippen molar-refractivity contribution in [2.24, 2.45) is 0 Å². The van der Waals surface area contributed by atoms with E-state index in [-0.39, 0.29) is 5.97 Å². The van der Waals surface area contributed by atoms with Gasteiger partial charge in [0.1, 0.15) is 11.5 Å². The van der Waals surface area contributed by atoms with E-state index in [1.54, 1.807) is 6.07 Å². The number of hydrogen-bond donors (Lipinski definition) is 0. The number of benzene rings is 1. The van der Waals surface area contributed by atoms with Gasteiger partial charge in [0.15, 0.2) is 0 Å². The fraction of sp³-hybridized carbons (Fsp3) is 0.0714. The number of carbonyl (C=O) groups is 1. The van der Waals surface area contributed by atoms with Crippen LogP contribution < -0.4 is 0 Å². The van der Waals surface area contributed by atoms with Crippen LogP contribution in [0.4, 0.5) is 0 Å². The Morgan fingerprint density at radius 1 is 1.18 bits per heavy atom. The smallest absolute Gasteiger partial charge is 0.348 e. The molecule has 1 aromatic carbocycles. The minimum atomic E-state index is -0.266. The molecule has 3 heteroatoms. The highest BCUT2D eigenvalue weighted by molar-refractivity contribution is 7.11. The fourth-order valence-electron chi connectivity index (χ4n) is 1.34. The second-order valence-electron chi connectivity index (χ2n) is 3.39. The average Bonchev–Trinajstić information content (AvgIpc) is 2.89. The molecule has 1 aromatic heterocycles. The van der Waals surface area contributed by atoms with Crippen LogP contribution in [0.1, 0.15) is 15.2 Å². The zero-order chi connectivity index (χ0) is 11.9. The topological polar surface area (TPSA) is 26.3 Å². The van der Waals surface area contributed by atoms with Gasteiger partial charge in [-0.05, 0) is 23.1 Å². The summed E-state index contributed by atoms with van der Waals surface area (Å²) in [6, 6.07) is 13.5. The van der Waals surface area contributed by atoms with Crippen LogP contribution >= 0.6 is 11.3 Å². The average molecular weight is 244 g/mol. The first kappa shape index (κ1) is 11.6. The zero-order valence-corrected chi connectivity index (χ0v) is 10.0.